The lowest BCUT2D eigenvalue weighted by atomic mass is 10.2. The Bertz CT molecular complexity index is 724. The molecule has 2 heterocycles. The van der Waals surface area contributed by atoms with Gasteiger partial charge in [0.25, 0.3) is 10.0 Å². The van der Waals surface area contributed by atoms with Gasteiger partial charge in [-0.1, -0.05) is 40.2 Å². The lowest BCUT2D eigenvalue weighted by Gasteiger charge is -2.31. The summed E-state index contributed by atoms with van der Waals surface area (Å²) in [5, 5.41) is 1.81. The first kappa shape index (κ1) is 16.1. The van der Waals surface area contributed by atoms with Crippen molar-refractivity contribution in [2.75, 3.05) is 26.2 Å². The molecule has 0 unspecified atom stereocenters. The van der Waals surface area contributed by atoms with Crippen molar-refractivity contribution in [1.82, 2.24) is 4.31 Å². The predicted octanol–water partition coefficient (Wildman–Crippen LogP) is 1.60. The number of piperazine rings is 1. The summed E-state index contributed by atoms with van der Waals surface area (Å²) in [4.78, 5) is 1.42. The number of halogens is 1. The van der Waals surface area contributed by atoms with E-state index in [4.69, 9.17) is 0 Å². The molecule has 4 nitrogen and oxygen atoms in total. The summed E-state index contributed by atoms with van der Waals surface area (Å²) in [6, 6.07) is 11.7. The number of sulfonamides is 1. The zero-order chi connectivity index (χ0) is 15.6. The molecule has 1 aromatic heterocycles. The Labute approximate surface area is 143 Å². The SMILES string of the molecule is O=S(=O)(c1cccs1)N1CC[NH+](Cc2ccccc2Br)CC1. The van der Waals surface area contributed by atoms with Crippen molar-refractivity contribution >= 4 is 37.3 Å². The van der Waals surface area contributed by atoms with Gasteiger partial charge in [0.15, 0.2) is 0 Å². The maximum absolute atomic E-state index is 12.5. The lowest BCUT2D eigenvalue weighted by molar-refractivity contribution is -0.917. The molecule has 22 heavy (non-hydrogen) atoms. The van der Waals surface area contributed by atoms with E-state index in [1.807, 2.05) is 18.2 Å². The topological polar surface area (TPSA) is 41.8 Å². The van der Waals surface area contributed by atoms with Gasteiger partial charge in [-0.2, -0.15) is 4.31 Å². The zero-order valence-electron chi connectivity index (χ0n) is 12.0. The third-order valence-corrected chi connectivity index (χ3v) is 7.96. The Hall–Kier alpha value is -0.730. The molecule has 0 aliphatic carbocycles. The number of quaternary nitrogens is 1. The van der Waals surface area contributed by atoms with Crippen LogP contribution in [0.1, 0.15) is 5.56 Å². The molecule has 0 saturated carbocycles. The van der Waals surface area contributed by atoms with Gasteiger partial charge in [-0.3, -0.25) is 0 Å². The molecular formula is C15H18BrN2O2S2+. The largest absolute Gasteiger partial charge is 0.329 e. The van der Waals surface area contributed by atoms with Crippen LogP contribution in [0.15, 0.2) is 50.5 Å². The van der Waals surface area contributed by atoms with E-state index in [0.717, 1.165) is 24.1 Å². The monoisotopic (exact) mass is 401 g/mol. The zero-order valence-corrected chi connectivity index (χ0v) is 15.3. The van der Waals surface area contributed by atoms with E-state index in [1.54, 1.807) is 21.8 Å². The van der Waals surface area contributed by atoms with Gasteiger partial charge in [-0.25, -0.2) is 8.42 Å². The summed E-state index contributed by atoms with van der Waals surface area (Å²) in [6.07, 6.45) is 0. The van der Waals surface area contributed by atoms with E-state index in [2.05, 4.69) is 22.0 Å². The highest BCUT2D eigenvalue weighted by atomic mass is 79.9. The average Bonchev–Trinajstić information content (AvgIpc) is 3.05. The lowest BCUT2D eigenvalue weighted by Crippen LogP contribution is -3.13. The Balaban J connectivity index is 1.62. The number of hydrogen-bond acceptors (Lipinski definition) is 3. The summed E-state index contributed by atoms with van der Waals surface area (Å²) in [7, 11) is -3.29. The number of nitrogens with zero attached hydrogens (tertiary/aromatic N) is 1. The van der Waals surface area contributed by atoms with E-state index in [0.29, 0.717) is 17.3 Å². The minimum absolute atomic E-state index is 0.446. The smallest absolute Gasteiger partial charge is 0.252 e. The van der Waals surface area contributed by atoms with Crippen LogP contribution < -0.4 is 4.90 Å². The summed E-state index contributed by atoms with van der Waals surface area (Å²) < 4.78 is 28.2. The molecule has 1 fully saturated rings. The van der Waals surface area contributed by atoms with E-state index in [1.165, 1.54) is 21.8 Å². The predicted molar refractivity (Wildman–Crippen MR) is 91.6 cm³/mol. The van der Waals surface area contributed by atoms with Crippen LogP contribution in [0.4, 0.5) is 0 Å². The summed E-state index contributed by atoms with van der Waals surface area (Å²) in [5.41, 5.74) is 1.27. The molecule has 1 aromatic carbocycles. The second-order valence-corrected chi connectivity index (χ2v) is 9.32. The van der Waals surface area contributed by atoms with E-state index < -0.39 is 10.0 Å². The third-order valence-electron chi connectivity index (χ3n) is 3.92. The summed E-state index contributed by atoms with van der Waals surface area (Å²) in [6.45, 7) is 3.77. The van der Waals surface area contributed by atoms with Crippen LogP contribution in [-0.2, 0) is 16.6 Å². The fraction of sp³-hybridized carbons (Fsp3) is 0.333. The van der Waals surface area contributed by atoms with Crippen molar-refractivity contribution in [2.45, 2.75) is 10.8 Å². The normalized spacial score (nSPS) is 17.7. The van der Waals surface area contributed by atoms with Crippen LogP contribution >= 0.6 is 27.3 Å². The minimum atomic E-state index is -3.29. The molecule has 3 rings (SSSR count). The highest BCUT2D eigenvalue weighted by molar-refractivity contribution is 9.10. The number of benzene rings is 1. The van der Waals surface area contributed by atoms with Crippen molar-refractivity contribution in [3.63, 3.8) is 0 Å². The van der Waals surface area contributed by atoms with Gasteiger partial charge in [0.2, 0.25) is 0 Å². The van der Waals surface area contributed by atoms with E-state index in [9.17, 15) is 8.42 Å². The van der Waals surface area contributed by atoms with Crippen LogP contribution in [0, 0.1) is 0 Å². The minimum Gasteiger partial charge on any atom is -0.329 e. The van der Waals surface area contributed by atoms with Crippen molar-refractivity contribution in [3.05, 3.63) is 51.8 Å². The van der Waals surface area contributed by atoms with Crippen molar-refractivity contribution in [2.24, 2.45) is 0 Å². The molecule has 118 valence electrons. The Morgan fingerprint density at radius 1 is 1.14 bits per heavy atom. The number of nitrogens with one attached hydrogen (secondary N) is 1. The van der Waals surface area contributed by atoms with Gasteiger partial charge in [-0.05, 0) is 17.5 Å². The molecule has 7 heteroatoms. The van der Waals surface area contributed by atoms with Gasteiger partial charge in [0.05, 0.1) is 26.2 Å². The van der Waals surface area contributed by atoms with E-state index in [-0.39, 0.29) is 0 Å². The molecule has 1 aliphatic heterocycles. The van der Waals surface area contributed by atoms with Crippen LogP contribution in [0.2, 0.25) is 0 Å². The second-order valence-electron chi connectivity index (χ2n) is 5.35. The highest BCUT2D eigenvalue weighted by Crippen LogP contribution is 2.20. The van der Waals surface area contributed by atoms with Crippen molar-refractivity contribution < 1.29 is 13.3 Å². The fourth-order valence-electron chi connectivity index (χ4n) is 2.67. The summed E-state index contributed by atoms with van der Waals surface area (Å²) >= 11 is 4.86. The maximum Gasteiger partial charge on any atom is 0.252 e. The van der Waals surface area contributed by atoms with Crippen molar-refractivity contribution in [1.29, 1.82) is 0 Å². The maximum atomic E-state index is 12.5. The highest BCUT2D eigenvalue weighted by Gasteiger charge is 2.31. The Kier molecular flexibility index (Phi) is 4.99. The number of thiophene rings is 1. The molecule has 0 bridgehead atoms. The first-order valence-electron chi connectivity index (χ1n) is 7.18. The molecule has 0 spiro atoms. The Morgan fingerprint density at radius 3 is 2.50 bits per heavy atom. The van der Waals surface area contributed by atoms with Gasteiger partial charge >= 0.3 is 0 Å². The van der Waals surface area contributed by atoms with Crippen LogP contribution in [-0.4, -0.2) is 38.9 Å². The van der Waals surface area contributed by atoms with Crippen molar-refractivity contribution in [3.8, 4) is 0 Å². The van der Waals surface area contributed by atoms with Crippen LogP contribution in [0.25, 0.3) is 0 Å². The molecule has 1 N–H and O–H groups in total. The Morgan fingerprint density at radius 2 is 1.86 bits per heavy atom. The second kappa shape index (κ2) is 6.80. The number of rotatable bonds is 4. The molecule has 0 amide bonds. The van der Waals surface area contributed by atoms with Crippen LogP contribution in [0.5, 0.6) is 0 Å². The molecule has 0 radical (unpaired) electrons. The third kappa shape index (κ3) is 3.44. The molecule has 1 saturated heterocycles. The first-order valence-corrected chi connectivity index (χ1v) is 10.3. The first-order chi connectivity index (χ1) is 10.6. The standard InChI is InChI=1S/C15H17BrN2O2S2/c16-14-5-2-1-4-13(14)12-17-7-9-18(10-8-17)22(19,20)15-6-3-11-21-15/h1-6,11H,7-10,12H2/p+1. The molecule has 1 aliphatic rings. The fourth-order valence-corrected chi connectivity index (χ4v) is 5.68. The average molecular weight is 402 g/mol. The number of hydrogen-bond donors (Lipinski definition) is 1. The van der Waals surface area contributed by atoms with Gasteiger partial charge < -0.3 is 4.90 Å². The summed E-state index contributed by atoms with van der Waals surface area (Å²) in [5.74, 6) is 0. The van der Waals surface area contributed by atoms with Crippen LogP contribution in [0.3, 0.4) is 0 Å². The van der Waals surface area contributed by atoms with E-state index >= 15 is 0 Å². The quantitative estimate of drug-likeness (QED) is 0.844. The van der Waals surface area contributed by atoms with Gasteiger partial charge in [0, 0.05) is 10.0 Å². The molecular weight excluding hydrogens is 384 g/mol. The van der Waals surface area contributed by atoms with Gasteiger partial charge in [-0.15, -0.1) is 11.3 Å². The molecule has 0 atom stereocenters. The molecule has 2 aromatic rings. The van der Waals surface area contributed by atoms with Gasteiger partial charge in [0.1, 0.15) is 10.8 Å².